The highest BCUT2D eigenvalue weighted by Gasteiger charge is 2.20. The van der Waals surface area contributed by atoms with Crippen LogP contribution in [0.15, 0.2) is 24.3 Å². The lowest BCUT2D eigenvalue weighted by atomic mass is 10.2. The molecule has 1 aromatic heterocycles. The van der Waals surface area contributed by atoms with Crippen molar-refractivity contribution in [3.8, 4) is 0 Å². The number of imidazole rings is 1. The van der Waals surface area contributed by atoms with Crippen LogP contribution in [0.3, 0.4) is 0 Å². The summed E-state index contributed by atoms with van der Waals surface area (Å²) >= 11 is 0. The third-order valence-corrected chi connectivity index (χ3v) is 4.02. The average Bonchev–Trinajstić information content (AvgIpc) is 2.86. The molecule has 22 heavy (non-hydrogen) atoms. The second kappa shape index (κ2) is 6.46. The Bertz CT molecular complexity index is 661. The summed E-state index contributed by atoms with van der Waals surface area (Å²) in [5.74, 6) is 0.880. The predicted octanol–water partition coefficient (Wildman–Crippen LogP) is 1.13. The molecule has 2 N–H and O–H groups in total. The Balaban J connectivity index is 1.66. The van der Waals surface area contributed by atoms with Gasteiger partial charge < -0.3 is 19.9 Å². The van der Waals surface area contributed by atoms with Crippen molar-refractivity contribution in [1.29, 1.82) is 0 Å². The van der Waals surface area contributed by atoms with Gasteiger partial charge in [0.15, 0.2) is 0 Å². The van der Waals surface area contributed by atoms with Gasteiger partial charge in [0, 0.05) is 26.1 Å². The molecule has 0 saturated carbocycles. The maximum Gasteiger partial charge on any atom is 0.222 e. The molecule has 0 bridgehead atoms. The third-order valence-electron chi connectivity index (χ3n) is 4.02. The highest BCUT2D eigenvalue weighted by molar-refractivity contribution is 5.78. The van der Waals surface area contributed by atoms with Gasteiger partial charge in [0.2, 0.25) is 5.91 Å². The van der Waals surface area contributed by atoms with Crippen molar-refractivity contribution >= 4 is 16.9 Å². The lowest BCUT2D eigenvalue weighted by Gasteiger charge is -2.24. The number of rotatable bonds is 4. The first-order valence-electron chi connectivity index (χ1n) is 7.67. The normalized spacial score (nSPS) is 20.0. The van der Waals surface area contributed by atoms with Gasteiger partial charge >= 0.3 is 0 Å². The number of carbonyl (C=O) groups excluding carboxylic acids is 1. The molecule has 1 amide bonds. The minimum Gasteiger partial charge on any atom is -0.378 e. The van der Waals surface area contributed by atoms with Gasteiger partial charge in [-0.25, -0.2) is 4.98 Å². The molecular weight excluding hydrogens is 280 g/mol. The van der Waals surface area contributed by atoms with E-state index in [9.17, 15) is 4.79 Å². The maximum atomic E-state index is 12.2. The summed E-state index contributed by atoms with van der Waals surface area (Å²) in [7, 11) is 1.98. The van der Waals surface area contributed by atoms with Crippen molar-refractivity contribution in [1.82, 2.24) is 20.2 Å². The van der Waals surface area contributed by atoms with Crippen molar-refractivity contribution in [2.24, 2.45) is 7.05 Å². The zero-order valence-electron chi connectivity index (χ0n) is 13.0. The van der Waals surface area contributed by atoms with Gasteiger partial charge in [0.1, 0.15) is 5.82 Å². The number of hydrogen-bond donors (Lipinski definition) is 2. The van der Waals surface area contributed by atoms with Crippen LogP contribution >= 0.6 is 0 Å². The molecule has 0 spiro atoms. The number of aromatic nitrogens is 2. The van der Waals surface area contributed by atoms with Gasteiger partial charge in [-0.2, -0.15) is 0 Å². The quantitative estimate of drug-likeness (QED) is 0.888. The van der Waals surface area contributed by atoms with E-state index in [4.69, 9.17) is 4.74 Å². The van der Waals surface area contributed by atoms with Crippen molar-refractivity contribution in [2.45, 2.75) is 25.4 Å². The smallest absolute Gasteiger partial charge is 0.222 e. The molecule has 2 atom stereocenters. The Morgan fingerprint density at radius 2 is 2.36 bits per heavy atom. The lowest BCUT2D eigenvalue weighted by molar-refractivity contribution is -0.123. The molecule has 6 nitrogen and oxygen atoms in total. The molecule has 1 aromatic carbocycles. The van der Waals surface area contributed by atoms with Crippen molar-refractivity contribution in [3.05, 3.63) is 30.1 Å². The average molecular weight is 302 g/mol. The first-order valence-corrected chi connectivity index (χ1v) is 7.67. The van der Waals surface area contributed by atoms with Gasteiger partial charge in [-0.1, -0.05) is 12.1 Å². The van der Waals surface area contributed by atoms with Crippen LogP contribution in [0.2, 0.25) is 0 Å². The summed E-state index contributed by atoms with van der Waals surface area (Å²) in [4.78, 5) is 16.8. The molecule has 2 unspecified atom stereocenters. The van der Waals surface area contributed by atoms with E-state index in [1.165, 1.54) is 0 Å². The molecule has 0 radical (unpaired) electrons. The molecule has 1 aliphatic heterocycles. The SMILES string of the molecule is CC(NC(=O)CC1COCCN1)c1nc2ccccc2n1C. The highest BCUT2D eigenvalue weighted by Crippen LogP contribution is 2.19. The van der Waals surface area contributed by atoms with Crippen molar-refractivity contribution < 1.29 is 9.53 Å². The minimum atomic E-state index is -0.130. The topological polar surface area (TPSA) is 68.2 Å². The number of aryl methyl sites for hydroxylation is 1. The summed E-state index contributed by atoms with van der Waals surface area (Å²) in [6.45, 7) is 4.07. The summed E-state index contributed by atoms with van der Waals surface area (Å²) in [5.41, 5.74) is 2.02. The Morgan fingerprint density at radius 3 is 3.09 bits per heavy atom. The molecule has 1 aliphatic rings. The molecular formula is C16H22N4O2. The molecule has 1 fully saturated rings. The number of ether oxygens (including phenoxy) is 1. The molecule has 6 heteroatoms. The van der Waals surface area contributed by atoms with E-state index in [-0.39, 0.29) is 18.0 Å². The number of nitrogens with one attached hydrogen (secondary N) is 2. The van der Waals surface area contributed by atoms with Crippen LogP contribution in [0, 0.1) is 0 Å². The Kier molecular flexibility index (Phi) is 4.40. The molecule has 3 rings (SSSR count). The fourth-order valence-electron chi connectivity index (χ4n) is 2.89. The third kappa shape index (κ3) is 3.13. The van der Waals surface area contributed by atoms with Gasteiger partial charge in [-0.05, 0) is 19.1 Å². The largest absolute Gasteiger partial charge is 0.378 e. The number of nitrogens with zero attached hydrogens (tertiary/aromatic N) is 2. The van der Waals surface area contributed by atoms with Gasteiger partial charge in [-0.3, -0.25) is 4.79 Å². The summed E-state index contributed by atoms with van der Waals surface area (Å²) in [6.07, 6.45) is 0.425. The van der Waals surface area contributed by atoms with Crippen molar-refractivity contribution in [2.75, 3.05) is 19.8 Å². The fourth-order valence-corrected chi connectivity index (χ4v) is 2.89. The molecule has 2 aromatic rings. The summed E-state index contributed by atoms with van der Waals surface area (Å²) in [5, 5.41) is 6.32. The predicted molar refractivity (Wildman–Crippen MR) is 84.5 cm³/mol. The van der Waals surface area contributed by atoms with E-state index in [2.05, 4.69) is 15.6 Å². The number of hydrogen-bond acceptors (Lipinski definition) is 4. The Hall–Kier alpha value is -1.92. The molecule has 0 aliphatic carbocycles. The monoisotopic (exact) mass is 302 g/mol. The first-order chi connectivity index (χ1) is 10.6. The van der Waals surface area contributed by atoms with Crippen LogP contribution in [0.4, 0.5) is 0 Å². The number of morpholine rings is 1. The number of amides is 1. The highest BCUT2D eigenvalue weighted by atomic mass is 16.5. The second-order valence-electron chi connectivity index (χ2n) is 5.74. The zero-order valence-corrected chi connectivity index (χ0v) is 13.0. The molecule has 1 saturated heterocycles. The number of para-hydroxylation sites is 2. The standard InChI is InChI=1S/C16H22N4O2/c1-11(18-15(21)9-12-10-22-8-7-17-12)16-19-13-5-3-4-6-14(13)20(16)2/h3-6,11-12,17H,7-10H2,1-2H3,(H,18,21). The minimum absolute atomic E-state index is 0.0163. The van der Waals surface area contributed by atoms with E-state index in [0.29, 0.717) is 19.6 Å². The van der Waals surface area contributed by atoms with Gasteiger partial charge in [0.05, 0.1) is 30.3 Å². The van der Waals surface area contributed by atoms with Crippen LogP contribution in [0.25, 0.3) is 11.0 Å². The maximum absolute atomic E-state index is 12.2. The van der Waals surface area contributed by atoms with Crippen LogP contribution in [0.1, 0.15) is 25.2 Å². The molecule has 2 heterocycles. The van der Waals surface area contributed by atoms with Gasteiger partial charge in [-0.15, -0.1) is 0 Å². The first kappa shape index (κ1) is 15.0. The number of benzene rings is 1. The van der Waals surface area contributed by atoms with E-state index in [0.717, 1.165) is 23.4 Å². The van der Waals surface area contributed by atoms with Crippen LogP contribution in [-0.2, 0) is 16.6 Å². The van der Waals surface area contributed by atoms with Crippen LogP contribution in [-0.4, -0.2) is 41.3 Å². The van der Waals surface area contributed by atoms with E-state index < -0.39 is 0 Å². The van der Waals surface area contributed by atoms with E-state index in [1.54, 1.807) is 0 Å². The second-order valence-corrected chi connectivity index (χ2v) is 5.74. The molecule has 118 valence electrons. The van der Waals surface area contributed by atoms with Crippen LogP contribution < -0.4 is 10.6 Å². The van der Waals surface area contributed by atoms with Crippen molar-refractivity contribution in [3.63, 3.8) is 0 Å². The Labute approximate surface area is 129 Å². The summed E-state index contributed by atoms with van der Waals surface area (Å²) < 4.78 is 7.40. The zero-order chi connectivity index (χ0) is 15.5. The lowest BCUT2D eigenvalue weighted by Crippen LogP contribution is -2.44. The fraction of sp³-hybridized carbons (Fsp3) is 0.500. The van der Waals surface area contributed by atoms with Crippen LogP contribution in [0.5, 0.6) is 0 Å². The van der Waals surface area contributed by atoms with E-state index >= 15 is 0 Å². The summed E-state index contributed by atoms with van der Waals surface area (Å²) in [6, 6.07) is 7.94. The Morgan fingerprint density at radius 1 is 1.55 bits per heavy atom. The number of fused-ring (bicyclic) bond motifs is 1. The van der Waals surface area contributed by atoms with Gasteiger partial charge in [0.25, 0.3) is 0 Å². The van der Waals surface area contributed by atoms with E-state index in [1.807, 2.05) is 42.8 Å². The number of carbonyl (C=O) groups is 1.